The molecule has 2 aromatic carbocycles. The molecule has 0 saturated heterocycles. The van der Waals surface area contributed by atoms with Crippen LogP contribution in [0, 0.1) is 5.82 Å². The number of benzene rings is 2. The quantitative estimate of drug-likeness (QED) is 0.540. The van der Waals surface area contributed by atoms with Crippen LogP contribution in [0.15, 0.2) is 83.6 Å². The third-order valence-electron chi connectivity index (χ3n) is 4.33. The number of halogens is 1. The predicted molar refractivity (Wildman–Crippen MR) is 104 cm³/mol. The topological polar surface area (TPSA) is 80.9 Å². The van der Waals surface area contributed by atoms with Crippen molar-refractivity contribution in [1.29, 1.82) is 0 Å². The van der Waals surface area contributed by atoms with Gasteiger partial charge in [0.15, 0.2) is 0 Å². The lowest BCUT2D eigenvalue weighted by molar-refractivity contribution is 0.0927. The number of pyridine rings is 1. The second-order valence-corrected chi connectivity index (χ2v) is 6.42. The van der Waals surface area contributed by atoms with Crippen molar-refractivity contribution in [3.8, 4) is 11.4 Å². The van der Waals surface area contributed by atoms with Crippen molar-refractivity contribution >= 4 is 5.91 Å². The van der Waals surface area contributed by atoms with Gasteiger partial charge in [-0.2, -0.15) is 4.98 Å². The SMILES string of the molecule is O=C(N[C@H](Cc1ccccc1)c1nc(-c2cccnc2)no1)c1cccc(F)c1. The first kappa shape index (κ1) is 18.5. The molecule has 2 aromatic heterocycles. The van der Waals surface area contributed by atoms with Crippen molar-refractivity contribution in [2.45, 2.75) is 12.5 Å². The van der Waals surface area contributed by atoms with Crippen LogP contribution >= 0.6 is 0 Å². The van der Waals surface area contributed by atoms with Gasteiger partial charge in [-0.15, -0.1) is 0 Å². The molecule has 0 aliphatic rings. The van der Waals surface area contributed by atoms with Crippen LogP contribution in [0.4, 0.5) is 4.39 Å². The highest BCUT2D eigenvalue weighted by molar-refractivity contribution is 5.94. The molecule has 0 spiro atoms. The lowest BCUT2D eigenvalue weighted by Gasteiger charge is -2.15. The molecule has 4 aromatic rings. The summed E-state index contributed by atoms with van der Waals surface area (Å²) in [4.78, 5) is 21.2. The molecule has 4 rings (SSSR count). The fourth-order valence-corrected chi connectivity index (χ4v) is 2.91. The Morgan fingerprint density at radius 1 is 1.07 bits per heavy atom. The van der Waals surface area contributed by atoms with E-state index in [2.05, 4.69) is 20.4 Å². The first-order chi connectivity index (χ1) is 14.2. The zero-order valence-corrected chi connectivity index (χ0v) is 15.3. The second kappa shape index (κ2) is 8.43. The fraction of sp³-hybridized carbons (Fsp3) is 0.0909. The third-order valence-corrected chi connectivity index (χ3v) is 4.33. The maximum Gasteiger partial charge on any atom is 0.252 e. The summed E-state index contributed by atoms with van der Waals surface area (Å²) in [5, 5.41) is 6.88. The van der Waals surface area contributed by atoms with Gasteiger partial charge in [-0.25, -0.2) is 4.39 Å². The Bertz CT molecular complexity index is 1100. The normalized spacial score (nSPS) is 11.8. The number of nitrogens with zero attached hydrogens (tertiary/aromatic N) is 3. The Morgan fingerprint density at radius 3 is 2.69 bits per heavy atom. The highest BCUT2D eigenvalue weighted by atomic mass is 19.1. The number of hydrogen-bond acceptors (Lipinski definition) is 5. The van der Waals surface area contributed by atoms with E-state index in [9.17, 15) is 9.18 Å². The maximum atomic E-state index is 13.5. The molecular weight excluding hydrogens is 371 g/mol. The standard InChI is InChI=1S/C22H17FN4O2/c23-18-10-4-8-16(13-18)21(28)25-19(12-15-6-2-1-3-7-15)22-26-20(27-29-22)17-9-5-11-24-14-17/h1-11,13-14,19H,12H2,(H,25,28)/t19-/m1/s1. The molecule has 0 fully saturated rings. The molecule has 1 amide bonds. The van der Waals surface area contributed by atoms with E-state index in [-0.39, 0.29) is 11.5 Å². The third kappa shape index (κ3) is 4.52. The van der Waals surface area contributed by atoms with Gasteiger partial charge in [0.1, 0.15) is 11.9 Å². The van der Waals surface area contributed by atoms with E-state index in [0.29, 0.717) is 17.8 Å². The van der Waals surface area contributed by atoms with Crippen LogP contribution < -0.4 is 5.32 Å². The van der Waals surface area contributed by atoms with Gasteiger partial charge in [-0.05, 0) is 35.9 Å². The van der Waals surface area contributed by atoms with Crippen LogP contribution in [0.1, 0.15) is 27.9 Å². The van der Waals surface area contributed by atoms with Crippen molar-refractivity contribution in [1.82, 2.24) is 20.4 Å². The molecule has 0 radical (unpaired) electrons. The van der Waals surface area contributed by atoms with Crippen molar-refractivity contribution in [3.05, 3.63) is 102 Å². The number of aromatic nitrogens is 3. The van der Waals surface area contributed by atoms with Crippen molar-refractivity contribution in [2.24, 2.45) is 0 Å². The lowest BCUT2D eigenvalue weighted by atomic mass is 10.1. The summed E-state index contributed by atoms with van der Waals surface area (Å²) in [6, 6.07) is 18.2. The maximum absolute atomic E-state index is 13.5. The van der Waals surface area contributed by atoms with Crippen LogP contribution in [0.25, 0.3) is 11.4 Å². The minimum Gasteiger partial charge on any atom is -0.340 e. The Morgan fingerprint density at radius 2 is 1.93 bits per heavy atom. The number of amides is 1. The van der Waals surface area contributed by atoms with Crippen LogP contribution in [0.5, 0.6) is 0 Å². The number of rotatable bonds is 6. The summed E-state index contributed by atoms with van der Waals surface area (Å²) in [5.41, 5.74) is 1.91. The largest absolute Gasteiger partial charge is 0.340 e. The molecule has 0 saturated carbocycles. The van der Waals surface area contributed by atoms with E-state index in [1.165, 1.54) is 18.2 Å². The predicted octanol–water partition coefficient (Wildman–Crippen LogP) is 3.98. The Kier molecular flexibility index (Phi) is 5.38. The van der Waals surface area contributed by atoms with E-state index in [1.807, 2.05) is 36.4 Å². The summed E-state index contributed by atoms with van der Waals surface area (Å²) >= 11 is 0. The smallest absolute Gasteiger partial charge is 0.252 e. The molecule has 1 N–H and O–H groups in total. The molecule has 7 heteroatoms. The second-order valence-electron chi connectivity index (χ2n) is 6.42. The summed E-state index contributed by atoms with van der Waals surface area (Å²) in [6.07, 6.45) is 3.73. The van der Waals surface area contributed by atoms with Gasteiger partial charge >= 0.3 is 0 Å². The molecule has 1 atom stereocenters. The van der Waals surface area contributed by atoms with E-state index in [1.54, 1.807) is 24.5 Å². The lowest BCUT2D eigenvalue weighted by Crippen LogP contribution is -2.30. The summed E-state index contributed by atoms with van der Waals surface area (Å²) in [6.45, 7) is 0. The highest BCUT2D eigenvalue weighted by Gasteiger charge is 2.23. The van der Waals surface area contributed by atoms with Gasteiger partial charge < -0.3 is 9.84 Å². The summed E-state index contributed by atoms with van der Waals surface area (Å²) < 4.78 is 18.9. The average Bonchev–Trinajstić information content (AvgIpc) is 3.25. The molecule has 6 nitrogen and oxygen atoms in total. The molecule has 0 aliphatic heterocycles. The minimum absolute atomic E-state index is 0.218. The van der Waals surface area contributed by atoms with Crippen LogP contribution in [0.2, 0.25) is 0 Å². The molecular formula is C22H17FN4O2. The van der Waals surface area contributed by atoms with Gasteiger partial charge in [-0.1, -0.05) is 41.6 Å². The molecule has 0 bridgehead atoms. The zero-order valence-electron chi connectivity index (χ0n) is 15.3. The van der Waals surface area contributed by atoms with Crippen molar-refractivity contribution in [2.75, 3.05) is 0 Å². The van der Waals surface area contributed by atoms with Crippen molar-refractivity contribution < 1.29 is 13.7 Å². The Hall–Kier alpha value is -3.87. The van der Waals surface area contributed by atoms with Crippen LogP contribution in [-0.4, -0.2) is 21.0 Å². The van der Waals surface area contributed by atoms with E-state index in [0.717, 1.165) is 5.56 Å². The van der Waals surface area contributed by atoms with Gasteiger partial charge in [0, 0.05) is 29.9 Å². The van der Waals surface area contributed by atoms with Crippen LogP contribution in [0.3, 0.4) is 0 Å². The number of nitrogens with one attached hydrogen (secondary N) is 1. The molecule has 0 aliphatic carbocycles. The molecule has 144 valence electrons. The van der Waals surface area contributed by atoms with E-state index < -0.39 is 17.8 Å². The van der Waals surface area contributed by atoms with Gasteiger partial charge in [0.05, 0.1) is 0 Å². The van der Waals surface area contributed by atoms with E-state index in [4.69, 9.17) is 4.52 Å². The van der Waals surface area contributed by atoms with E-state index >= 15 is 0 Å². The minimum atomic E-state index is -0.578. The number of carbonyl (C=O) groups is 1. The number of hydrogen-bond donors (Lipinski definition) is 1. The fourth-order valence-electron chi connectivity index (χ4n) is 2.91. The van der Waals surface area contributed by atoms with Crippen LogP contribution in [-0.2, 0) is 6.42 Å². The highest BCUT2D eigenvalue weighted by Crippen LogP contribution is 2.21. The summed E-state index contributed by atoms with van der Waals surface area (Å²) in [7, 11) is 0. The molecule has 2 heterocycles. The Balaban J connectivity index is 1.62. The average molecular weight is 388 g/mol. The first-order valence-electron chi connectivity index (χ1n) is 9.03. The van der Waals surface area contributed by atoms with Crippen molar-refractivity contribution in [3.63, 3.8) is 0 Å². The molecule has 0 unspecified atom stereocenters. The zero-order chi connectivity index (χ0) is 20.1. The number of carbonyl (C=O) groups excluding carboxylic acids is 1. The monoisotopic (exact) mass is 388 g/mol. The Labute approximate surface area is 166 Å². The van der Waals surface area contributed by atoms with Gasteiger partial charge in [-0.3, -0.25) is 9.78 Å². The summed E-state index contributed by atoms with van der Waals surface area (Å²) in [5.74, 6) is -0.260. The van der Waals surface area contributed by atoms with Gasteiger partial charge in [0.25, 0.3) is 5.91 Å². The molecule has 29 heavy (non-hydrogen) atoms. The van der Waals surface area contributed by atoms with Gasteiger partial charge in [0.2, 0.25) is 11.7 Å². The first-order valence-corrected chi connectivity index (χ1v) is 9.03.